The Morgan fingerprint density at radius 3 is 2.60 bits per heavy atom. The van der Waals surface area contributed by atoms with E-state index in [0.29, 0.717) is 44.4 Å². The maximum absolute atomic E-state index is 12.7. The third kappa shape index (κ3) is 3.93. The summed E-state index contributed by atoms with van der Waals surface area (Å²) >= 11 is 0. The first kappa shape index (κ1) is 16.7. The molecule has 1 saturated carbocycles. The fourth-order valence-electron chi connectivity index (χ4n) is 3.84. The van der Waals surface area contributed by atoms with Crippen molar-refractivity contribution < 1.29 is 14.3 Å². The average Bonchev–Trinajstić information content (AvgIpc) is 3.48. The molecule has 25 heavy (non-hydrogen) atoms. The van der Waals surface area contributed by atoms with Crippen LogP contribution in [0, 0.1) is 5.92 Å². The topological polar surface area (TPSA) is 49.9 Å². The van der Waals surface area contributed by atoms with E-state index in [-0.39, 0.29) is 12.0 Å². The lowest BCUT2D eigenvalue weighted by atomic mass is 9.95. The highest BCUT2D eigenvalue weighted by atomic mass is 16.5. The number of ketones is 1. The van der Waals surface area contributed by atoms with Gasteiger partial charge < -0.3 is 9.64 Å². The number of carbonyl (C=O) groups is 2. The molecular weight excluding hydrogens is 316 g/mol. The van der Waals surface area contributed by atoms with Crippen LogP contribution in [0.1, 0.15) is 36.5 Å². The van der Waals surface area contributed by atoms with Gasteiger partial charge in [0.05, 0.1) is 25.7 Å². The molecule has 1 amide bonds. The molecule has 0 bridgehead atoms. The molecule has 3 aliphatic rings. The number of amides is 1. The van der Waals surface area contributed by atoms with E-state index < -0.39 is 0 Å². The van der Waals surface area contributed by atoms with E-state index >= 15 is 0 Å². The first-order valence-corrected chi connectivity index (χ1v) is 9.43. The van der Waals surface area contributed by atoms with E-state index in [0.717, 1.165) is 37.9 Å². The molecule has 0 aromatic heterocycles. The van der Waals surface area contributed by atoms with Gasteiger partial charge in [-0.1, -0.05) is 24.3 Å². The number of piperazine rings is 1. The van der Waals surface area contributed by atoms with Gasteiger partial charge in [0, 0.05) is 32.1 Å². The summed E-state index contributed by atoms with van der Waals surface area (Å²) in [6.07, 6.45) is 3.36. The zero-order valence-corrected chi connectivity index (χ0v) is 14.7. The molecule has 2 heterocycles. The minimum absolute atomic E-state index is 0.119. The summed E-state index contributed by atoms with van der Waals surface area (Å²) < 4.78 is 5.87. The highest BCUT2D eigenvalue weighted by Gasteiger charge is 2.32. The number of nitrogens with zero attached hydrogens (tertiary/aromatic N) is 2. The second kappa shape index (κ2) is 7.26. The number of fused-ring (bicyclic) bond motifs is 1. The van der Waals surface area contributed by atoms with Crippen LogP contribution in [0.2, 0.25) is 0 Å². The van der Waals surface area contributed by atoms with Crippen molar-refractivity contribution >= 4 is 11.7 Å². The number of ether oxygens (including phenoxy) is 1. The van der Waals surface area contributed by atoms with Crippen molar-refractivity contribution in [1.29, 1.82) is 0 Å². The van der Waals surface area contributed by atoms with E-state index in [9.17, 15) is 9.59 Å². The maximum Gasteiger partial charge on any atom is 0.225 e. The normalized spacial score (nSPS) is 24.0. The van der Waals surface area contributed by atoms with Crippen LogP contribution in [0.3, 0.4) is 0 Å². The molecule has 0 N–H and O–H groups in total. The smallest absolute Gasteiger partial charge is 0.225 e. The number of rotatable bonds is 5. The highest BCUT2D eigenvalue weighted by molar-refractivity contribution is 5.85. The average molecular weight is 342 g/mol. The first-order valence-electron chi connectivity index (χ1n) is 9.43. The van der Waals surface area contributed by atoms with E-state index in [1.165, 1.54) is 5.56 Å². The quantitative estimate of drug-likeness (QED) is 0.819. The lowest BCUT2D eigenvalue weighted by Crippen LogP contribution is -2.50. The van der Waals surface area contributed by atoms with Crippen molar-refractivity contribution in [3.63, 3.8) is 0 Å². The third-order valence-electron chi connectivity index (χ3n) is 5.59. The molecule has 1 saturated heterocycles. The third-order valence-corrected chi connectivity index (χ3v) is 5.59. The second-order valence-corrected chi connectivity index (χ2v) is 7.41. The van der Waals surface area contributed by atoms with Gasteiger partial charge in [-0.15, -0.1) is 0 Å². The summed E-state index contributed by atoms with van der Waals surface area (Å²) in [4.78, 5) is 28.7. The van der Waals surface area contributed by atoms with Gasteiger partial charge in [0.15, 0.2) is 0 Å². The van der Waals surface area contributed by atoms with Crippen molar-refractivity contribution in [3.05, 3.63) is 35.4 Å². The molecule has 5 heteroatoms. The number of Topliss-reactive ketones (excluding diaryl/α,β-unsaturated/α-hetero) is 1. The lowest BCUT2D eigenvalue weighted by molar-refractivity contribution is -0.136. The Balaban J connectivity index is 1.29. The Hall–Kier alpha value is -1.72. The van der Waals surface area contributed by atoms with Crippen molar-refractivity contribution in [2.24, 2.45) is 5.92 Å². The van der Waals surface area contributed by atoms with Gasteiger partial charge in [0.25, 0.3) is 0 Å². The summed E-state index contributed by atoms with van der Waals surface area (Å²) in [5.74, 6) is 0.866. The minimum Gasteiger partial charge on any atom is -0.373 e. The predicted molar refractivity (Wildman–Crippen MR) is 94.2 cm³/mol. The largest absolute Gasteiger partial charge is 0.373 e. The summed E-state index contributed by atoms with van der Waals surface area (Å²) in [6, 6.07) is 8.27. The van der Waals surface area contributed by atoms with Crippen LogP contribution >= 0.6 is 0 Å². The lowest BCUT2D eigenvalue weighted by Gasteiger charge is -2.35. The Kier molecular flexibility index (Phi) is 4.86. The van der Waals surface area contributed by atoms with Crippen molar-refractivity contribution in [2.45, 2.75) is 31.8 Å². The van der Waals surface area contributed by atoms with E-state index in [2.05, 4.69) is 17.0 Å². The second-order valence-electron chi connectivity index (χ2n) is 7.41. The molecule has 5 nitrogen and oxygen atoms in total. The highest BCUT2D eigenvalue weighted by Crippen LogP contribution is 2.31. The summed E-state index contributed by atoms with van der Waals surface area (Å²) in [5.41, 5.74) is 2.46. The molecular formula is C20H26N2O3. The Morgan fingerprint density at radius 1 is 1.08 bits per heavy atom. The van der Waals surface area contributed by atoms with Crippen LogP contribution in [0.5, 0.6) is 0 Å². The summed E-state index contributed by atoms with van der Waals surface area (Å²) in [5, 5.41) is 0. The van der Waals surface area contributed by atoms with Crippen LogP contribution in [-0.2, 0) is 20.7 Å². The van der Waals surface area contributed by atoms with Crippen LogP contribution < -0.4 is 0 Å². The van der Waals surface area contributed by atoms with Gasteiger partial charge in [0.1, 0.15) is 5.78 Å². The number of carbonyl (C=O) groups excluding carboxylic acids is 2. The van der Waals surface area contributed by atoms with Gasteiger partial charge in [-0.3, -0.25) is 14.5 Å². The van der Waals surface area contributed by atoms with Crippen molar-refractivity contribution in [3.8, 4) is 0 Å². The van der Waals surface area contributed by atoms with Crippen LogP contribution in [-0.4, -0.2) is 60.8 Å². The zero-order chi connectivity index (χ0) is 17.2. The fourth-order valence-corrected chi connectivity index (χ4v) is 3.84. The van der Waals surface area contributed by atoms with Gasteiger partial charge in [-0.2, -0.15) is 0 Å². The minimum atomic E-state index is -0.119. The van der Waals surface area contributed by atoms with E-state index in [1.54, 1.807) is 0 Å². The Bertz CT molecular complexity index is 648. The number of hydrogen-bond acceptors (Lipinski definition) is 4. The molecule has 0 spiro atoms. The predicted octanol–water partition coefficient (Wildman–Crippen LogP) is 1.81. The first-order chi connectivity index (χ1) is 12.2. The van der Waals surface area contributed by atoms with Gasteiger partial charge >= 0.3 is 0 Å². The molecule has 1 atom stereocenters. The molecule has 0 unspecified atom stereocenters. The van der Waals surface area contributed by atoms with Gasteiger partial charge in [-0.25, -0.2) is 0 Å². The molecule has 2 aliphatic heterocycles. The summed E-state index contributed by atoms with van der Waals surface area (Å²) in [6.45, 7) is 4.27. The number of benzene rings is 1. The molecule has 2 fully saturated rings. The van der Waals surface area contributed by atoms with Crippen LogP contribution in [0.4, 0.5) is 0 Å². The SMILES string of the molecule is O=C(CN1CCN(C(=O)C[C@@H]2OCCc3ccccc32)CC1)C1CC1. The van der Waals surface area contributed by atoms with Crippen LogP contribution in [0.25, 0.3) is 0 Å². The van der Waals surface area contributed by atoms with Gasteiger partial charge in [-0.05, 0) is 30.4 Å². The standard InChI is InChI=1S/C20H26N2O3/c23-18(16-5-6-16)14-21-8-10-22(11-9-21)20(24)13-19-17-4-2-1-3-15(17)7-12-25-19/h1-4,16,19H,5-14H2/t19-/m0/s1. The van der Waals surface area contributed by atoms with Crippen molar-refractivity contribution in [1.82, 2.24) is 9.80 Å². The fraction of sp³-hybridized carbons (Fsp3) is 0.600. The number of hydrogen-bond donors (Lipinski definition) is 0. The Labute approximate surface area is 148 Å². The van der Waals surface area contributed by atoms with Crippen molar-refractivity contribution in [2.75, 3.05) is 39.3 Å². The molecule has 134 valence electrons. The van der Waals surface area contributed by atoms with Crippen LogP contribution in [0.15, 0.2) is 24.3 Å². The van der Waals surface area contributed by atoms with E-state index in [4.69, 9.17) is 4.74 Å². The summed E-state index contributed by atoms with van der Waals surface area (Å²) in [7, 11) is 0. The molecule has 0 radical (unpaired) electrons. The molecule has 1 aromatic carbocycles. The Morgan fingerprint density at radius 2 is 1.84 bits per heavy atom. The molecule has 4 rings (SSSR count). The maximum atomic E-state index is 12.7. The molecule has 1 aromatic rings. The molecule has 1 aliphatic carbocycles. The zero-order valence-electron chi connectivity index (χ0n) is 14.7. The van der Waals surface area contributed by atoms with E-state index in [1.807, 2.05) is 17.0 Å². The van der Waals surface area contributed by atoms with Gasteiger partial charge in [0.2, 0.25) is 5.91 Å². The monoisotopic (exact) mass is 342 g/mol.